The quantitative estimate of drug-likeness (QED) is 0.480. The Hall–Kier alpha value is -2.95. The van der Waals surface area contributed by atoms with Crippen LogP contribution in [0.5, 0.6) is 5.75 Å². The van der Waals surface area contributed by atoms with Gasteiger partial charge in [-0.05, 0) is 43.5 Å². The predicted octanol–water partition coefficient (Wildman–Crippen LogP) is 5.61. The van der Waals surface area contributed by atoms with Gasteiger partial charge < -0.3 is 4.74 Å². The number of fused-ring (bicyclic) bond motifs is 1. The van der Waals surface area contributed by atoms with Crippen molar-refractivity contribution in [2.75, 3.05) is 19.7 Å². The summed E-state index contributed by atoms with van der Waals surface area (Å²) in [6.07, 6.45) is 1.11. The van der Waals surface area contributed by atoms with Crippen molar-refractivity contribution in [1.29, 1.82) is 0 Å². The van der Waals surface area contributed by atoms with Crippen LogP contribution in [0.3, 0.4) is 0 Å². The van der Waals surface area contributed by atoms with Gasteiger partial charge in [0.25, 0.3) is 0 Å². The second-order valence-corrected chi connectivity index (χ2v) is 8.74. The molecule has 32 heavy (non-hydrogen) atoms. The summed E-state index contributed by atoms with van der Waals surface area (Å²) in [5, 5.41) is 4.87. The Bertz CT molecular complexity index is 1060. The Morgan fingerprint density at radius 2 is 1.44 bits per heavy atom. The number of hydrogen-bond donors (Lipinski definition) is 0. The number of nitrogens with zero attached hydrogens (tertiary/aromatic N) is 2. The Morgan fingerprint density at radius 1 is 0.844 bits per heavy atom. The van der Waals surface area contributed by atoms with Crippen LogP contribution in [0.1, 0.15) is 52.5 Å². The molecule has 0 spiro atoms. The first-order valence-corrected chi connectivity index (χ1v) is 11.6. The minimum Gasteiger partial charge on any atom is -0.494 e. The smallest absolute Gasteiger partial charge is 0.169 e. The lowest BCUT2D eigenvalue weighted by atomic mass is 9.80. The predicted molar refractivity (Wildman–Crippen MR) is 127 cm³/mol. The fourth-order valence-corrected chi connectivity index (χ4v) is 5.33. The van der Waals surface area contributed by atoms with Crippen molar-refractivity contribution in [3.05, 3.63) is 101 Å². The molecule has 0 saturated carbocycles. The first kappa shape index (κ1) is 20.9. The molecule has 5 rings (SSSR count). The number of hydrazine groups is 1. The molecule has 2 saturated heterocycles. The van der Waals surface area contributed by atoms with Crippen molar-refractivity contribution in [2.24, 2.45) is 5.92 Å². The Morgan fingerprint density at radius 3 is 2.03 bits per heavy atom. The van der Waals surface area contributed by atoms with E-state index in [1.807, 2.05) is 49.4 Å². The van der Waals surface area contributed by atoms with Gasteiger partial charge in [0.15, 0.2) is 5.78 Å². The average Bonchev–Trinajstić information content (AvgIpc) is 3.41. The maximum Gasteiger partial charge on any atom is 0.169 e. The maximum atomic E-state index is 14.0. The third-order valence-electron chi connectivity index (χ3n) is 6.74. The van der Waals surface area contributed by atoms with Crippen LogP contribution in [-0.4, -0.2) is 35.5 Å². The van der Waals surface area contributed by atoms with E-state index in [1.54, 1.807) is 0 Å². The summed E-state index contributed by atoms with van der Waals surface area (Å²) < 4.78 is 5.66. The van der Waals surface area contributed by atoms with Crippen LogP contribution in [0.15, 0.2) is 78.9 Å². The fraction of sp³-hybridized carbons (Fsp3) is 0.321. The van der Waals surface area contributed by atoms with Gasteiger partial charge in [-0.15, -0.1) is 0 Å². The number of rotatable bonds is 6. The summed E-state index contributed by atoms with van der Waals surface area (Å²) in [6, 6.07) is 26.9. The SMILES string of the molecule is CCOc1ccc([C@H]2[C@H](C(=O)c3ccc(C)cc3)[C@@H](c3ccccc3)N3CCCN23)cc1. The number of benzene rings is 3. The number of ether oxygens (including phenoxy) is 1. The van der Waals surface area contributed by atoms with E-state index in [0.29, 0.717) is 6.61 Å². The molecule has 164 valence electrons. The number of Topliss-reactive ketones (excluding diaryl/α,β-unsaturated/α-hetero) is 1. The lowest BCUT2D eigenvalue weighted by Crippen LogP contribution is -2.32. The summed E-state index contributed by atoms with van der Waals surface area (Å²) >= 11 is 0. The fourth-order valence-electron chi connectivity index (χ4n) is 5.33. The minimum atomic E-state index is -0.182. The van der Waals surface area contributed by atoms with Crippen molar-refractivity contribution in [2.45, 2.75) is 32.4 Å². The highest BCUT2D eigenvalue weighted by Crippen LogP contribution is 2.51. The van der Waals surface area contributed by atoms with Gasteiger partial charge in [-0.2, -0.15) is 0 Å². The number of ketones is 1. The standard InChI is InChI=1S/C28H30N2O2/c1-3-32-24-16-14-22(15-17-24)27-25(28(31)23-12-10-20(2)11-13-23)26(21-8-5-4-6-9-21)29-18-7-19-30(27)29/h4-6,8-17,25-27H,3,7,18-19H2,1-2H3/t25-,26-,27+/m1/s1. The lowest BCUT2D eigenvalue weighted by Gasteiger charge is -2.27. The number of carbonyl (C=O) groups is 1. The highest BCUT2D eigenvalue weighted by Gasteiger charge is 2.53. The summed E-state index contributed by atoms with van der Waals surface area (Å²) in [5.74, 6) is 0.902. The molecule has 3 aromatic rings. The topological polar surface area (TPSA) is 32.8 Å². The van der Waals surface area contributed by atoms with Crippen molar-refractivity contribution in [3.8, 4) is 5.75 Å². The van der Waals surface area contributed by atoms with Gasteiger partial charge in [0, 0.05) is 18.7 Å². The summed E-state index contributed by atoms with van der Waals surface area (Å²) in [5.41, 5.74) is 4.34. The van der Waals surface area contributed by atoms with E-state index in [9.17, 15) is 4.79 Å². The summed E-state index contributed by atoms with van der Waals surface area (Å²) in [4.78, 5) is 14.0. The zero-order chi connectivity index (χ0) is 22.1. The molecule has 2 aliphatic rings. The van der Waals surface area contributed by atoms with Gasteiger partial charge >= 0.3 is 0 Å². The third kappa shape index (κ3) is 3.74. The van der Waals surface area contributed by atoms with Gasteiger partial charge in [-0.25, -0.2) is 10.0 Å². The highest BCUT2D eigenvalue weighted by atomic mass is 16.5. The Labute approximate surface area is 190 Å². The van der Waals surface area contributed by atoms with Crippen LogP contribution in [0.2, 0.25) is 0 Å². The summed E-state index contributed by atoms with van der Waals surface area (Å²) in [6.45, 7) is 6.64. The van der Waals surface area contributed by atoms with Gasteiger partial charge in [0.1, 0.15) is 5.75 Å². The van der Waals surface area contributed by atoms with Gasteiger partial charge in [-0.1, -0.05) is 72.3 Å². The molecule has 0 amide bonds. The molecule has 0 bridgehead atoms. The second kappa shape index (κ2) is 8.89. The number of hydrogen-bond acceptors (Lipinski definition) is 4. The maximum absolute atomic E-state index is 14.0. The van der Waals surface area contributed by atoms with E-state index in [1.165, 1.54) is 16.7 Å². The average molecular weight is 427 g/mol. The zero-order valence-corrected chi connectivity index (χ0v) is 18.8. The van der Waals surface area contributed by atoms with Crippen molar-refractivity contribution < 1.29 is 9.53 Å². The van der Waals surface area contributed by atoms with E-state index in [0.717, 1.165) is 30.8 Å². The van der Waals surface area contributed by atoms with Crippen LogP contribution in [0.4, 0.5) is 0 Å². The Kier molecular flexibility index (Phi) is 5.81. The van der Waals surface area contributed by atoms with E-state index >= 15 is 0 Å². The molecule has 0 radical (unpaired) electrons. The normalized spacial score (nSPS) is 23.2. The van der Waals surface area contributed by atoms with Crippen molar-refractivity contribution in [3.63, 3.8) is 0 Å². The van der Waals surface area contributed by atoms with E-state index in [2.05, 4.69) is 53.3 Å². The van der Waals surface area contributed by atoms with Crippen LogP contribution in [0.25, 0.3) is 0 Å². The van der Waals surface area contributed by atoms with Crippen molar-refractivity contribution >= 4 is 5.78 Å². The largest absolute Gasteiger partial charge is 0.494 e. The first-order chi connectivity index (χ1) is 15.7. The second-order valence-electron chi connectivity index (χ2n) is 8.74. The molecule has 4 nitrogen and oxygen atoms in total. The molecule has 3 aromatic carbocycles. The monoisotopic (exact) mass is 426 g/mol. The molecule has 0 aliphatic carbocycles. The van der Waals surface area contributed by atoms with Crippen LogP contribution >= 0.6 is 0 Å². The van der Waals surface area contributed by atoms with Crippen molar-refractivity contribution in [1.82, 2.24) is 10.0 Å². The highest BCUT2D eigenvalue weighted by molar-refractivity contribution is 5.99. The van der Waals surface area contributed by atoms with Gasteiger partial charge in [0.05, 0.1) is 24.6 Å². The lowest BCUT2D eigenvalue weighted by molar-refractivity contribution is 0.0252. The molecule has 2 fully saturated rings. The van der Waals surface area contributed by atoms with Gasteiger partial charge in [0.2, 0.25) is 0 Å². The molecule has 2 heterocycles. The van der Waals surface area contributed by atoms with E-state index in [-0.39, 0.29) is 23.8 Å². The molecule has 2 aliphatic heterocycles. The van der Waals surface area contributed by atoms with Crippen LogP contribution in [-0.2, 0) is 0 Å². The molecular formula is C28H30N2O2. The molecular weight excluding hydrogens is 396 g/mol. The number of aryl methyl sites for hydroxylation is 1. The minimum absolute atomic E-state index is 0.00665. The number of carbonyl (C=O) groups excluding carboxylic acids is 1. The molecule has 0 unspecified atom stereocenters. The van der Waals surface area contributed by atoms with Crippen LogP contribution in [0, 0.1) is 12.8 Å². The molecule has 0 N–H and O–H groups in total. The van der Waals surface area contributed by atoms with E-state index in [4.69, 9.17) is 4.74 Å². The Balaban J connectivity index is 1.60. The van der Waals surface area contributed by atoms with Crippen LogP contribution < -0.4 is 4.74 Å². The van der Waals surface area contributed by atoms with Gasteiger partial charge in [-0.3, -0.25) is 4.79 Å². The first-order valence-electron chi connectivity index (χ1n) is 11.6. The summed E-state index contributed by atoms with van der Waals surface area (Å²) in [7, 11) is 0. The molecule has 3 atom stereocenters. The van der Waals surface area contributed by atoms with E-state index < -0.39 is 0 Å². The zero-order valence-electron chi connectivity index (χ0n) is 18.8. The third-order valence-corrected chi connectivity index (χ3v) is 6.74. The molecule has 0 aromatic heterocycles. The molecule has 4 heteroatoms.